The molecule has 0 saturated heterocycles. The van der Waals surface area contributed by atoms with Crippen molar-refractivity contribution in [3.63, 3.8) is 0 Å². The van der Waals surface area contributed by atoms with Gasteiger partial charge >= 0.3 is 0 Å². The monoisotopic (exact) mass is 260 g/mol. The first-order valence-electron chi connectivity index (χ1n) is 5.11. The molecule has 0 saturated carbocycles. The predicted octanol–water partition coefficient (Wildman–Crippen LogP) is 1.89. The molecule has 1 N–H and O–H groups in total. The zero-order valence-corrected chi connectivity index (χ0v) is 10.0. The fourth-order valence-electron chi connectivity index (χ4n) is 1.19. The van der Waals surface area contributed by atoms with Gasteiger partial charge in [-0.05, 0) is 17.7 Å². The predicted molar refractivity (Wildman–Crippen MR) is 68.5 cm³/mol. The molecule has 0 radical (unpaired) electrons. The lowest BCUT2D eigenvalue weighted by Gasteiger charge is -1.97. The van der Waals surface area contributed by atoms with Gasteiger partial charge in [-0.3, -0.25) is 9.78 Å². The average Bonchev–Trinajstić information content (AvgIpc) is 2.42. The summed E-state index contributed by atoms with van der Waals surface area (Å²) in [5.74, 6) is -0.409. The SMILES string of the molecule is O=C(N/N=C/c1ccc(Cl)cc1)c1cnccn1. The van der Waals surface area contributed by atoms with Crippen molar-refractivity contribution in [2.75, 3.05) is 0 Å². The highest BCUT2D eigenvalue weighted by molar-refractivity contribution is 6.30. The van der Waals surface area contributed by atoms with Crippen LogP contribution in [0, 0.1) is 0 Å². The summed E-state index contributed by atoms with van der Waals surface area (Å²) in [6.07, 6.45) is 5.82. The first-order chi connectivity index (χ1) is 8.75. The maximum Gasteiger partial charge on any atom is 0.291 e. The van der Waals surface area contributed by atoms with E-state index in [4.69, 9.17) is 11.6 Å². The van der Waals surface area contributed by atoms with Gasteiger partial charge < -0.3 is 0 Å². The number of nitrogens with zero attached hydrogens (tertiary/aromatic N) is 3. The van der Waals surface area contributed by atoms with Crippen LogP contribution in [-0.2, 0) is 0 Å². The Labute approximate surface area is 109 Å². The van der Waals surface area contributed by atoms with Gasteiger partial charge in [0, 0.05) is 17.4 Å². The van der Waals surface area contributed by atoms with Crippen LogP contribution >= 0.6 is 11.6 Å². The van der Waals surface area contributed by atoms with Crippen LogP contribution < -0.4 is 5.43 Å². The minimum Gasteiger partial charge on any atom is -0.265 e. The number of hydrogen-bond acceptors (Lipinski definition) is 4. The van der Waals surface area contributed by atoms with Crippen molar-refractivity contribution in [1.82, 2.24) is 15.4 Å². The molecular weight excluding hydrogens is 252 g/mol. The van der Waals surface area contributed by atoms with Crippen LogP contribution in [-0.4, -0.2) is 22.1 Å². The second-order valence-electron chi connectivity index (χ2n) is 3.34. The van der Waals surface area contributed by atoms with Gasteiger partial charge in [-0.25, -0.2) is 10.4 Å². The number of carbonyl (C=O) groups is 1. The van der Waals surface area contributed by atoms with Crippen molar-refractivity contribution in [3.05, 3.63) is 59.1 Å². The molecule has 0 bridgehead atoms. The molecule has 5 nitrogen and oxygen atoms in total. The topological polar surface area (TPSA) is 67.2 Å². The summed E-state index contributed by atoms with van der Waals surface area (Å²) in [6.45, 7) is 0. The van der Waals surface area contributed by atoms with Gasteiger partial charge in [-0.2, -0.15) is 5.10 Å². The van der Waals surface area contributed by atoms with E-state index in [1.165, 1.54) is 24.8 Å². The summed E-state index contributed by atoms with van der Waals surface area (Å²) in [6, 6.07) is 7.07. The fraction of sp³-hybridized carbons (Fsp3) is 0. The summed E-state index contributed by atoms with van der Waals surface area (Å²) in [5.41, 5.74) is 3.40. The van der Waals surface area contributed by atoms with Crippen LogP contribution in [0.25, 0.3) is 0 Å². The van der Waals surface area contributed by atoms with Gasteiger partial charge in [0.25, 0.3) is 5.91 Å². The lowest BCUT2D eigenvalue weighted by molar-refractivity contribution is 0.0950. The van der Waals surface area contributed by atoms with Crippen LogP contribution in [0.4, 0.5) is 0 Å². The average molecular weight is 261 g/mol. The van der Waals surface area contributed by atoms with E-state index in [0.717, 1.165) is 5.56 Å². The van der Waals surface area contributed by atoms with Crippen molar-refractivity contribution in [2.24, 2.45) is 5.10 Å². The molecule has 90 valence electrons. The Morgan fingerprint density at radius 2 is 2.06 bits per heavy atom. The largest absolute Gasteiger partial charge is 0.291 e. The number of amides is 1. The second-order valence-corrected chi connectivity index (χ2v) is 3.78. The van der Waals surface area contributed by atoms with E-state index in [1.54, 1.807) is 24.3 Å². The van der Waals surface area contributed by atoms with Crippen LogP contribution in [0.15, 0.2) is 48.0 Å². The minimum atomic E-state index is -0.409. The molecule has 0 atom stereocenters. The van der Waals surface area contributed by atoms with Crippen molar-refractivity contribution in [2.45, 2.75) is 0 Å². The summed E-state index contributed by atoms with van der Waals surface area (Å²) in [4.78, 5) is 19.2. The second kappa shape index (κ2) is 5.88. The van der Waals surface area contributed by atoms with E-state index in [1.807, 2.05) is 0 Å². The Hall–Kier alpha value is -2.27. The normalized spacial score (nSPS) is 10.5. The molecule has 0 aliphatic heterocycles. The van der Waals surface area contributed by atoms with E-state index in [2.05, 4.69) is 20.5 Å². The summed E-state index contributed by atoms with van der Waals surface area (Å²) < 4.78 is 0. The summed E-state index contributed by atoms with van der Waals surface area (Å²) in [7, 11) is 0. The standard InChI is InChI=1S/C12H9ClN4O/c13-10-3-1-9(2-4-10)7-16-17-12(18)11-8-14-5-6-15-11/h1-8H,(H,17,18)/b16-7+. The Balaban J connectivity index is 1.96. The maximum atomic E-state index is 11.5. The Morgan fingerprint density at radius 1 is 1.28 bits per heavy atom. The number of nitrogens with one attached hydrogen (secondary N) is 1. The van der Waals surface area contributed by atoms with Gasteiger partial charge in [-0.15, -0.1) is 0 Å². The van der Waals surface area contributed by atoms with Crippen molar-refractivity contribution in [3.8, 4) is 0 Å². The molecule has 1 aromatic carbocycles. The van der Waals surface area contributed by atoms with Crippen molar-refractivity contribution >= 4 is 23.7 Å². The third-order valence-electron chi connectivity index (χ3n) is 2.05. The van der Waals surface area contributed by atoms with Gasteiger partial charge in [0.05, 0.1) is 12.4 Å². The summed E-state index contributed by atoms with van der Waals surface area (Å²) >= 11 is 5.75. The van der Waals surface area contributed by atoms with Gasteiger partial charge in [-0.1, -0.05) is 23.7 Å². The highest BCUT2D eigenvalue weighted by Crippen LogP contribution is 2.07. The Bertz CT molecular complexity index is 554. The first kappa shape index (κ1) is 12.2. The molecule has 0 aliphatic rings. The summed E-state index contributed by atoms with van der Waals surface area (Å²) in [5, 5.41) is 4.46. The number of halogens is 1. The van der Waals surface area contributed by atoms with Crippen LogP contribution in [0.1, 0.15) is 16.1 Å². The van der Waals surface area contributed by atoms with Gasteiger partial charge in [0.2, 0.25) is 0 Å². The molecular formula is C12H9ClN4O. The number of carbonyl (C=O) groups excluding carboxylic acids is 1. The number of hydrogen-bond donors (Lipinski definition) is 1. The lowest BCUT2D eigenvalue weighted by Crippen LogP contribution is -2.19. The molecule has 6 heteroatoms. The first-order valence-corrected chi connectivity index (χ1v) is 5.48. The van der Waals surface area contributed by atoms with Crippen molar-refractivity contribution in [1.29, 1.82) is 0 Å². The minimum absolute atomic E-state index is 0.214. The van der Waals surface area contributed by atoms with E-state index < -0.39 is 5.91 Å². The quantitative estimate of drug-likeness (QED) is 0.677. The van der Waals surface area contributed by atoms with Crippen LogP contribution in [0.3, 0.4) is 0 Å². The third-order valence-corrected chi connectivity index (χ3v) is 2.30. The highest BCUT2D eigenvalue weighted by Gasteiger charge is 2.04. The third kappa shape index (κ3) is 3.36. The molecule has 18 heavy (non-hydrogen) atoms. The number of rotatable bonds is 3. The maximum absolute atomic E-state index is 11.5. The number of benzene rings is 1. The molecule has 0 unspecified atom stereocenters. The molecule has 2 aromatic rings. The highest BCUT2D eigenvalue weighted by atomic mass is 35.5. The molecule has 0 fully saturated rings. The number of hydrazone groups is 1. The van der Waals surface area contributed by atoms with Crippen LogP contribution in [0.2, 0.25) is 5.02 Å². The van der Waals surface area contributed by atoms with Gasteiger partial charge in [0.15, 0.2) is 0 Å². The molecule has 2 rings (SSSR count). The molecule has 0 spiro atoms. The lowest BCUT2D eigenvalue weighted by atomic mass is 10.2. The molecule has 1 heterocycles. The zero-order valence-electron chi connectivity index (χ0n) is 9.25. The van der Waals surface area contributed by atoms with E-state index in [0.29, 0.717) is 5.02 Å². The smallest absolute Gasteiger partial charge is 0.265 e. The molecule has 0 aliphatic carbocycles. The van der Waals surface area contributed by atoms with Gasteiger partial charge in [0.1, 0.15) is 5.69 Å². The van der Waals surface area contributed by atoms with E-state index in [9.17, 15) is 4.79 Å². The molecule has 1 amide bonds. The van der Waals surface area contributed by atoms with E-state index in [-0.39, 0.29) is 5.69 Å². The zero-order chi connectivity index (χ0) is 12.8. The number of aromatic nitrogens is 2. The fourth-order valence-corrected chi connectivity index (χ4v) is 1.31. The Kier molecular flexibility index (Phi) is 3.98. The van der Waals surface area contributed by atoms with Crippen LogP contribution in [0.5, 0.6) is 0 Å². The van der Waals surface area contributed by atoms with Crippen molar-refractivity contribution < 1.29 is 4.79 Å². The molecule has 1 aromatic heterocycles. The Morgan fingerprint density at radius 3 is 2.72 bits per heavy atom. The van der Waals surface area contributed by atoms with E-state index >= 15 is 0 Å².